The van der Waals surface area contributed by atoms with Gasteiger partial charge in [0, 0.05) is 6.04 Å². The quantitative estimate of drug-likeness (QED) is 0.606. The van der Waals surface area contributed by atoms with Gasteiger partial charge in [-0.25, -0.2) is 0 Å². The first kappa shape index (κ1) is 9.05. The molecular formula is C11H18N2. The smallest absolute Gasteiger partial charge is 0.0800 e. The number of rotatable bonds is 1. The highest BCUT2D eigenvalue weighted by molar-refractivity contribution is 5.21. The Balaban J connectivity index is 2.09. The second kappa shape index (κ2) is 3.32. The van der Waals surface area contributed by atoms with E-state index in [0.717, 1.165) is 6.04 Å². The molecule has 13 heavy (non-hydrogen) atoms. The molecule has 72 valence electrons. The van der Waals surface area contributed by atoms with Gasteiger partial charge in [-0.2, -0.15) is 0 Å². The summed E-state index contributed by atoms with van der Waals surface area (Å²) in [6, 6.07) is 0.833. The zero-order chi connectivity index (χ0) is 9.31. The van der Waals surface area contributed by atoms with Crippen LogP contribution < -0.4 is 5.73 Å². The fourth-order valence-electron chi connectivity index (χ4n) is 2.33. The van der Waals surface area contributed by atoms with Gasteiger partial charge in [0.1, 0.15) is 0 Å². The largest absolute Gasteiger partial charge is 0.320 e. The van der Waals surface area contributed by atoms with Crippen molar-refractivity contribution in [2.45, 2.75) is 44.2 Å². The molecule has 1 heterocycles. The van der Waals surface area contributed by atoms with Crippen molar-refractivity contribution in [1.29, 1.82) is 0 Å². The Hall–Kier alpha value is -0.520. The van der Waals surface area contributed by atoms with Crippen LogP contribution in [0.2, 0.25) is 0 Å². The van der Waals surface area contributed by atoms with Gasteiger partial charge in [-0.1, -0.05) is 11.8 Å². The van der Waals surface area contributed by atoms with E-state index in [2.05, 4.69) is 23.7 Å². The standard InChI is InChI=1S/C11H18N2/c1-11(6-2-8-12)7-3-9-13(11)10-4-5-10/h10H,3-5,7-9,12H2,1H3. The van der Waals surface area contributed by atoms with Gasteiger partial charge in [0.2, 0.25) is 0 Å². The van der Waals surface area contributed by atoms with Crippen LogP contribution in [0.25, 0.3) is 0 Å². The minimum atomic E-state index is 0.139. The molecule has 0 aromatic carbocycles. The van der Waals surface area contributed by atoms with E-state index < -0.39 is 0 Å². The number of nitrogens with zero attached hydrogens (tertiary/aromatic N) is 1. The van der Waals surface area contributed by atoms with Crippen LogP contribution in [0.3, 0.4) is 0 Å². The Labute approximate surface area is 80.5 Å². The van der Waals surface area contributed by atoms with Crippen molar-refractivity contribution >= 4 is 0 Å². The molecule has 2 fully saturated rings. The summed E-state index contributed by atoms with van der Waals surface area (Å²) < 4.78 is 0. The molecule has 1 atom stereocenters. The molecule has 2 N–H and O–H groups in total. The van der Waals surface area contributed by atoms with Crippen LogP contribution in [-0.4, -0.2) is 29.6 Å². The SMILES string of the molecule is CC1(C#CCN)CCCN1C1CC1. The summed E-state index contributed by atoms with van der Waals surface area (Å²) >= 11 is 0. The molecule has 2 aliphatic rings. The van der Waals surface area contributed by atoms with Crippen molar-refractivity contribution in [3.8, 4) is 11.8 Å². The molecule has 0 bridgehead atoms. The minimum absolute atomic E-state index is 0.139. The summed E-state index contributed by atoms with van der Waals surface area (Å²) in [6.45, 7) is 4.00. The topological polar surface area (TPSA) is 29.3 Å². The van der Waals surface area contributed by atoms with Crippen molar-refractivity contribution in [3.05, 3.63) is 0 Å². The molecule has 0 aromatic heterocycles. The summed E-state index contributed by atoms with van der Waals surface area (Å²) in [5.74, 6) is 6.36. The third-order valence-corrected chi connectivity index (χ3v) is 3.14. The van der Waals surface area contributed by atoms with E-state index in [1.54, 1.807) is 0 Å². The van der Waals surface area contributed by atoms with E-state index in [4.69, 9.17) is 5.73 Å². The van der Waals surface area contributed by atoms with Crippen molar-refractivity contribution in [2.75, 3.05) is 13.1 Å². The Morgan fingerprint density at radius 3 is 2.92 bits per heavy atom. The van der Waals surface area contributed by atoms with E-state index in [1.165, 1.54) is 32.2 Å². The Kier molecular flexibility index (Phi) is 2.31. The third-order valence-electron chi connectivity index (χ3n) is 3.14. The molecule has 0 amide bonds. The molecule has 2 heteroatoms. The number of hydrogen-bond donors (Lipinski definition) is 1. The fraction of sp³-hybridized carbons (Fsp3) is 0.818. The van der Waals surface area contributed by atoms with E-state index in [9.17, 15) is 0 Å². The summed E-state index contributed by atoms with van der Waals surface area (Å²) in [5.41, 5.74) is 5.55. The minimum Gasteiger partial charge on any atom is -0.320 e. The summed E-state index contributed by atoms with van der Waals surface area (Å²) in [4.78, 5) is 2.58. The Bertz CT molecular complexity index is 247. The molecule has 2 rings (SSSR count). The third kappa shape index (κ3) is 1.72. The van der Waals surface area contributed by atoms with Crippen LogP contribution in [0.5, 0.6) is 0 Å². The van der Waals surface area contributed by atoms with Gasteiger partial charge in [-0.15, -0.1) is 0 Å². The second-order valence-electron chi connectivity index (χ2n) is 4.31. The Morgan fingerprint density at radius 2 is 2.31 bits per heavy atom. The van der Waals surface area contributed by atoms with Crippen LogP contribution in [0, 0.1) is 11.8 Å². The number of likely N-dealkylation sites (tertiary alicyclic amines) is 1. The van der Waals surface area contributed by atoms with Crippen LogP contribution in [0.4, 0.5) is 0 Å². The predicted octanol–water partition coefficient (Wildman–Crippen LogP) is 0.965. The molecule has 1 saturated carbocycles. The van der Waals surface area contributed by atoms with Gasteiger partial charge in [0.15, 0.2) is 0 Å². The number of hydrogen-bond acceptors (Lipinski definition) is 2. The summed E-state index contributed by atoms with van der Waals surface area (Å²) in [6.07, 6.45) is 5.27. The molecule has 1 aliphatic carbocycles. The summed E-state index contributed by atoms with van der Waals surface area (Å²) in [7, 11) is 0. The van der Waals surface area contributed by atoms with Crippen molar-refractivity contribution < 1.29 is 0 Å². The molecule has 1 aliphatic heterocycles. The van der Waals surface area contributed by atoms with E-state index >= 15 is 0 Å². The zero-order valence-corrected chi connectivity index (χ0v) is 8.34. The highest BCUT2D eigenvalue weighted by atomic mass is 15.3. The monoisotopic (exact) mass is 178 g/mol. The maximum absolute atomic E-state index is 5.41. The van der Waals surface area contributed by atoms with E-state index in [0.29, 0.717) is 6.54 Å². The van der Waals surface area contributed by atoms with Crippen molar-refractivity contribution in [2.24, 2.45) is 5.73 Å². The van der Waals surface area contributed by atoms with E-state index in [1.807, 2.05) is 0 Å². The zero-order valence-electron chi connectivity index (χ0n) is 8.34. The van der Waals surface area contributed by atoms with Gasteiger partial charge < -0.3 is 5.73 Å². The van der Waals surface area contributed by atoms with Gasteiger partial charge in [0.05, 0.1) is 12.1 Å². The average molecular weight is 178 g/mol. The first-order valence-corrected chi connectivity index (χ1v) is 5.23. The average Bonchev–Trinajstić information content (AvgIpc) is 2.88. The van der Waals surface area contributed by atoms with Crippen LogP contribution in [0.15, 0.2) is 0 Å². The van der Waals surface area contributed by atoms with Crippen LogP contribution in [-0.2, 0) is 0 Å². The predicted molar refractivity (Wildman–Crippen MR) is 54.2 cm³/mol. The maximum Gasteiger partial charge on any atom is 0.0800 e. The van der Waals surface area contributed by atoms with Gasteiger partial charge in [0.25, 0.3) is 0 Å². The second-order valence-corrected chi connectivity index (χ2v) is 4.31. The van der Waals surface area contributed by atoms with Crippen molar-refractivity contribution in [1.82, 2.24) is 4.90 Å². The number of nitrogens with two attached hydrogens (primary N) is 1. The Morgan fingerprint density at radius 1 is 1.54 bits per heavy atom. The molecule has 0 spiro atoms. The molecule has 2 nitrogen and oxygen atoms in total. The molecule has 1 unspecified atom stereocenters. The first-order valence-electron chi connectivity index (χ1n) is 5.23. The highest BCUT2D eigenvalue weighted by Crippen LogP contribution is 2.38. The lowest BCUT2D eigenvalue weighted by Crippen LogP contribution is -2.41. The lowest BCUT2D eigenvalue weighted by molar-refractivity contribution is 0.202. The van der Waals surface area contributed by atoms with E-state index in [-0.39, 0.29) is 5.54 Å². The lowest BCUT2D eigenvalue weighted by atomic mass is 9.99. The van der Waals surface area contributed by atoms with Crippen molar-refractivity contribution in [3.63, 3.8) is 0 Å². The normalized spacial score (nSPS) is 34.3. The lowest BCUT2D eigenvalue weighted by Gasteiger charge is -2.30. The molecule has 0 aromatic rings. The molecule has 1 saturated heterocycles. The van der Waals surface area contributed by atoms with Crippen LogP contribution in [0.1, 0.15) is 32.6 Å². The van der Waals surface area contributed by atoms with Gasteiger partial charge in [-0.3, -0.25) is 4.90 Å². The fourth-order valence-corrected chi connectivity index (χ4v) is 2.33. The molecular weight excluding hydrogens is 160 g/mol. The van der Waals surface area contributed by atoms with Gasteiger partial charge >= 0.3 is 0 Å². The highest BCUT2D eigenvalue weighted by Gasteiger charge is 2.43. The van der Waals surface area contributed by atoms with Gasteiger partial charge in [-0.05, 0) is 39.2 Å². The summed E-state index contributed by atoms with van der Waals surface area (Å²) in [5, 5.41) is 0. The first-order chi connectivity index (χ1) is 6.26. The van der Waals surface area contributed by atoms with Crippen LogP contribution >= 0.6 is 0 Å². The molecule has 0 radical (unpaired) electrons. The maximum atomic E-state index is 5.41.